The van der Waals surface area contributed by atoms with Crippen LogP contribution in [-0.2, 0) is 16.6 Å². The summed E-state index contributed by atoms with van der Waals surface area (Å²) in [5.74, 6) is -0.631. The highest BCUT2D eigenvalue weighted by molar-refractivity contribution is 5.97. The molecule has 0 aliphatic carbocycles. The molecule has 7 nitrogen and oxygen atoms in total. The average Bonchev–Trinajstić information content (AvgIpc) is 2.73. The van der Waals surface area contributed by atoms with E-state index in [4.69, 9.17) is 0 Å². The monoisotopic (exact) mass is 276 g/mol. The fourth-order valence-corrected chi connectivity index (χ4v) is 1.91. The van der Waals surface area contributed by atoms with Crippen LogP contribution in [0.2, 0.25) is 0 Å². The van der Waals surface area contributed by atoms with Crippen LogP contribution in [0.15, 0.2) is 12.3 Å². The molecule has 106 valence electrons. The van der Waals surface area contributed by atoms with Crippen molar-refractivity contribution in [2.75, 3.05) is 13.7 Å². The molecule has 0 aliphatic rings. The van der Waals surface area contributed by atoms with Crippen molar-refractivity contribution in [1.82, 2.24) is 20.1 Å². The number of fused-ring (bicyclic) bond motifs is 1. The van der Waals surface area contributed by atoms with E-state index in [0.29, 0.717) is 5.56 Å². The van der Waals surface area contributed by atoms with Crippen LogP contribution in [0.1, 0.15) is 22.5 Å². The standard InChI is InChI=1S/C13H16N4O3/c1-8-10-6-9(7-15-12(10)17(2)16-8)13(19)14-5-4-11(18)20-3/h6-7H,4-5H2,1-3H3,(H,14,19). The van der Waals surface area contributed by atoms with Crippen LogP contribution in [0.4, 0.5) is 0 Å². The Kier molecular flexibility index (Phi) is 3.97. The predicted molar refractivity (Wildman–Crippen MR) is 72.2 cm³/mol. The molecule has 2 rings (SSSR count). The Morgan fingerprint density at radius 1 is 1.45 bits per heavy atom. The molecule has 20 heavy (non-hydrogen) atoms. The molecule has 0 atom stereocenters. The fraction of sp³-hybridized carbons (Fsp3) is 0.385. The molecule has 0 unspecified atom stereocenters. The van der Waals surface area contributed by atoms with E-state index < -0.39 is 0 Å². The molecule has 0 saturated heterocycles. The van der Waals surface area contributed by atoms with Gasteiger partial charge in [0.2, 0.25) is 0 Å². The number of carbonyl (C=O) groups is 2. The zero-order valence-corrected chi connectivity index (χ0v) is 11.6. The molecular weight excluding hydrogens is 260 g/mol. The lowest BCUT2D eigenvalue weighted by molar-refractivity contribution is -0.140. The zero-order chi connectivity index (χ0) is 14.7. The normalized spacial score (nSPS) is 10.6. The van der Waals surface area contributed by atoms with Crippen molar-refractivity contribution in [2.45, 2.75) is 13.3 Å². The number of aromatic nitrogens is 3. The number of nitrogens with one attached hydrogen (secondary N) is 1. The zero-order valence-electron chi connectivity index (χ0n) is 11.6. The predicted octanol–water partition coefficient (Wildman–Crippen LogP) is 0.570. The van der Waals surface area contributed by atoms with E-state index in [1.54, 1.807) is 17.8 Å². The van der Waals surface area contributed by atoms with Gasteiger partial charge in [-0.05, 0) is 13.0 Å². The van der Waals surface area contributed by atoms with Gasteiger partial charge in [0, 0.05) is 25.2 Å². The molecule has 2 aromatic rings. The van der Waals surface area contributed by atoms with Crippen LogP contribution in [0.25, 0.3) is 11.0 Å². The summed E-state index contributed by atoms with van der Waals surface area (Å²) < 4.78 is 6.17. The summed E-state index contributed by atoms with van der Waals surface area (Å²) in [6.45, 7) is 2.10. The second-order valence-electron chi connectivity index (χ2n) is 4.39. The molecule has 0 radical (unpaired) electrons. The third-order valence-corrected chi connectivity index (χ3v) is 2.97. The first-order valence-corrected chi connectivity index (χ1v) is 6.17. The number of esters is 1. The molecule has 2 aromatic heterocycles. The van der Waals surface area contributed by atoms with Crippen molar-refractivity contribution in [2.24, 2.45) is 7.05 Å². The number of pyridine rings is 1. The van der Waals surface area contributed by atoms with Crippen molar-refractivity contribution in [3.63, 3.8) is 0 Å². The van der Waals surface area contributed by atoms with Gasteiger partial charge in [0.25, 0.3) is 5.91 Å². The van der Waals surface area contributed by atoms with Gasteiger partial charge in [-0.3, -0.25) is 14.3 Å². The Bertz CT molecular complexity index is 663. The number of ether oxygens (including phenoxy) is 1. The number of rotatable bonds is 4. The molecule has 1 amide bonds. The van der Waals surface area contributed by atoms with Crippen molar-refractivity contribution in [1.29, 1.82) is 0 Å². The minimum atomic E-state index is -0.359. The Morgan fingerprint density at radius 2 is 2.20 bits per heavy atom. The molecule has 0 aromatic carbocycles. The number of carbonyl (C=O) groups excluding carboxylic acids is 2. The molecule has 0 spiro atoms. The van der Waals surface area contributed by atoms with Gasteiger partial charge in [-0.15, -0.1) is 0 Å². The largest absolute Gasteiger partial charge is 0.469 e. The van der Waals surface area contributed by atoms with Gasteiger partial charge in [-0.1, -0.05) is 0 Å². The summed E-state index contributed by atoms with van der Waals surface area (Å²) in [5.41, 5.74) is 1.99. The highest BCUT2D eigenvalue weighted by atomic mass is 16.5. The molecule has 0 saturated carbocycles. The summed E-state index contributed by atoms with van der Waals surface area (Å²) in [4.78, 5) is 27.1. The molecule has 0 bridgehead atoms. The quantitative estimate of drug-likeness (QED) is 0.825. The van der Waals surface area contributed by atoms with Crippen LogP contribution in [-0.4, -0.2) is 40.3 Å². The summed E-state index contributed by atoms with van der Waals surface area (Å²) in [6, 6.07) is 1.75. The van der Waals surface area contributed by atoms with Crippen molar-refractivity contribution >= 4 is 22.9 Å². The van der Waals surface area contributed by atoms with Gasteiger partial charge in [0.1, 0.15) is 0 Å². The minimum absolute atomic E-state index is 0.143. The average molecular weight is 276 g/mol. The number of nitrogens with zero attached hydrogens (tertiary/aromatic N) is 3. The topological polar surface area (TPSA) is 86.1 Å². The van der Waals surface area contributed by atoms with Gasteiger partial charge in [-0.2, -0.15) is 5.10 Å². The third-order valence-electron chi connectivity index (χ3n) is 2.97. The van der Waals surface area contributed by atoms with E-state index >= 15 is 0 Å². The highest BCUT2D eigenvalue weighted by Crippen LogP contribution is 2.16. The van der Waals surface area contributed by atoms with Gasteiger partial charge < -0.3 is 10.1 Å². The Morgan fingerprint density at radius 3 is 2.90 bits per heavy atom. The molecule has 7 heteroatoms. The van der Waals surface area contributed by atoms with Crippen LogP contribution >= 0.6 is 0 Å². The molecular formula is C13H16N4O3. The maximum Gasteiger partial charge on any atom is 0.307 e. The molecule has 0 fully saturated rings. The SMILES string of the molecule is COC(=O)CCNC(=O)c1cnc2c(c1)c(C)nn2C. The first-order valence-electron chi connectivity index (χ1n) is 6.17. The fourth-order valence-electron chi connectivity index (χ4n) is 1.91. The van der Waals surface area contributed by atoms with Crippen molar-refractivity contribution in [3.05, 3.63) is 23.5 Å². The number of amides is 1. The first-order chi connectivity index (χ1) is 9.52. The van der Waals surface area contributed by atoms with E-state index in [1.165, 1.54) is 13.3 Å². The summed E-state index contributed by atoms with van der Waals surface area (Å²) in [5, 5.41) is 7.74. The summed E-state index contributed by atoms with van der Waals surface area (Å²) in [7, 11) is 3.12. The lowest BCUT2D eigenvalue weighted by atomic mass is 10.2. The lowest BCUT2D eigenvalue weighted by Crippen LogP contribution is -2.26. The van der Waals surface area contributed by atoms with Crippen LogP contribution < -0.4 is 5.32 Å². The Balaban J connectivity index is 2.10. The number of aryl methyl sites for hydroxylation is 2. The Labute approximate surface area is 115 Å². The van der Waals surface area contributed by atoms with E-state index in [1.807, 2.05) is 6.92 Å². The summed E-state index contributed by atoms with van der Waals surface area (Å²) in [6.07, 6.45) is 1.64. The Hall–Kier alpha value is -2.44. The second kappa shape index (κ2) is 5.68. The van der Waals surface area contributed by atoms with Crippen molar-refractivity contribution in [3.8, 4) is 0 Å². The van der Waals surface area contributed by atoms with Crippen LogP contribution in [0, 0.1) is 6.92 Å². The number of hydrogen-bond donors (Lipinski definition) is 1. The van der Waals surface area contributed by atoms with Crippen molar-refractivity contribution < 1.29 is 14.3 Å². The maximum absolute atomic E-state index is 11.9. The highest BCUT2D eigenvalue weighted by Gasteiger charge is 2.11. The van der Waals surface area contributed by atoms with Crippen LogP contribution in [0.3, 0.4) is 0 Å². The third kappa shape index (κ3) is 2.76. The summed E-state index contributed by atoms with van der Waals surface area (Å²) >= 11 is 0. The van der Waals surface area contributed by atoms with Gasteiger partial charge in [-0.25, -0.2) is 4.98 Å². The lowest BCUT2D eigenvalue weighted by Gasteiger charge is -2.04. The molecule has 1 N–H and O–H groups in total. The van der Waals surface area contributed by atoms with E-state index in [2.05, 4.69) is 20.1 Å². The van der Waals surface area contributed by atoms with E-state index in [-0.39, 0.29) is 24.8 Å². The maximum atomic E-state index is 11.9. The van der Waals surface area contributed by atoms with E-state index in [9.17, 15) is 9.59 Å². The molecule has 0 aliphatic heterocycles. The smallest absolute Gasteiger partial charge is 0.307 e. The number of hydrogen-bond acceptors (Lipinski definition) is 5. The van der Waals surface area contributed by atoms with Gasteiger partial charge in [0.15, 0.2) is 5.65 Å². The van der Waals surface area contributed by atoms with Gasteiger partial charge >= 0.3 is 5.97 Å². The minimum Gasteiger partial charge on any atom is -0.469 e. The first kappa shape index (κ1) is 14.0. The van der Waals surface area contributed by atoms with E-state index in [0.717, 1.165) is 16.7 Å². The van der Waals surface area contributed by atoms with Crippen LogP contribution in [0.5, 0.6) is 0 Å². The number of methoxy groups -OCH3 is 1. The van der Waals surface area contributed by atoms with Gasteiger partial charge in [0.05, 0.1) is 24.8 Å². The molecule has 2 heterocycles. The second-order valence-corrected chi connectivity index (χ2v) is 4.39.